The molecule has 0 radical (unpaired) electrons. The fraction of sp³-hybridized carbons (Fsp3) is 0.448. The third kappa shape index (κ3) is 6.16. The van der Waals surface area contributed by atoms with Gasteiger partial charge in [0.15, 0.2) is 11.3 Å². The van der Waals surface area contributed by atoms with E-state index in [2.05, 4.69) is 39.2 Å². The number of ketones is 1. The second-order valence-electron chi connectivity index (χ2n) is 11.2. The highest BCUT2D eigenvalue weighted by Gasteiger charge is 2.28. The summed E-state index contributed by atoms with van der Waals surface area (Å²) in [6.07, 6.45) is 2.36. The highest BCUT2D eigenvalue weighted by Crippen LogP contribution is 2.40. The van der Waals surface area contributed by atoms with Gasteiger partial charge in [0.1, 0.15) is 18.1 Å². The number of carbonyl (C=O) groups excluding carboxylic acids is 1. The predicted octanol–water partition coefficient (Wildman–Crippen LogP) is 7.02. The molecule has 0 atom stereocenters. The van der Waals surface area contributed by atoms with Crippen LogP contribution in [0.4, 0.5) is 0 Å². The van der Waals surface area contributed by atoms with E-state index in [0.29, 0.717) is 17.5 Å². The summed E-state index contributed by atoms with van der Waals surface area (Å²) >= 11 is 3.27. The number of rotatable bonds is 7. The fourth-order valence-corrected chi connectivity index (χ4v) is 4.66. The van der Waals surface area contributed by atoms with Gasteiger partial charge in [0.2, 0.25) is 0 Å². The topological polar surface area (TPSA) is 67.7 Å². The van der Waals surface area contributed by atoms with Crippen molar-refractivity contribution in [3.8, 4) is 5.75 Å². The lowest BCUT2D eigenvalue weighted by Gasteiger charge is -2.28. The van der Waals surface area contributed by atoms with E-state index in [1.807, 2.05) is 71.9 Å². The number of hydrogen-bond donors (Lipinski definition) is 1. The van der Waals surface area contributed by atoms with Crippen LogP contribution in [0.25, 0.3) is 0 Å². The summed E-state index contributed by atoms with van der Waals surface area (Å²) in [5, 5.41) is 11.0. The third-order valence-electron chi connectivity index (χ3n) is 6.18. The minimum Gasteiger partial charge on any atom is -0.507 e. The molecule has 0 bridgehead atoms. The highest BCUT2D eigenvalue weighted by molar-refractivity contribution is 9.08. The Labute approximate surface area is 217 Å². The molecule has 0 fully saturated rings. The van der Waals surface area contributed by atoms with Crippen LogP contribution in [0.15, 0.2) is 51.0 Å². The van der Waals surface area contributed by atoms with Crippen LogP contribution in [0.3, 0.4) is 0 Å². The Morgan fingerprint density at radius 3 is 2.09 bits per heavy atom. The maximum Gasteiger partial charge on any atom is 0.185 e. The first-order chi connectivity index (χ1) is 16.4. The average Bonchev–Trinajstić information content (AvgIpc) is 3.08. The van der Waals surface area contributed by atoms with E-state index in [9.17, 15) is 9.90 Å². The summed E-state index contributed by atoms with van der Waals surface area (Å²) in [5.41, 5.74) is 4.22. The Morgan fingerprint density at radius 1 is 1.03 bits per heavy atom. The molecule has 3 rings (SSSR count). The maximum absolute atomic E-state index is 13.6. The van der Waals surface area contributed by atoms with E-state index >= 15 is 0 Å². The zero-order valence-electron chi connectivity index (χ0n) is 21.9. The predicted molar refractivity (Wildman–Crippen MR) is 144 cm³/mol. The van der Waals surface area contributed by atoms with Crippen LogP contribution in [-0.2, 0) is 30.2 Å². The van der Waals surface area contributed by atoms with Crippen LogP contribution in [0.2, 0.25) is 0 Å². The zero-order chi connectivity index (χ0) is 26.0. The van der Waals surface area contributed by atoms with Gasteiger partial charge in [0.25, 0.3) is 0 Å². The second-order valence-corrected chi connectivity index (χ2v) is 11.5. The molecule has 35 heavy (non-hydrogen) atoms. The largest absolute Gasteiger partial charge is 0.507 e. The molecular formula is C29H37BrN2O3. The standard InChI is InChI=1S/C29H37BrN2O3/c1-8-12-25-21(15-19-13-10-9-11-14-19)27(31-30)32(35-25)18-24(33)20-16-22(28(2,3)4)26(34)23(17-20)29(5,6)7/h9-11,13-14,16-17,34H,8,12,15,18H2,1-7H3/b31-27-. The van der Waals surface area contributed by atoms with Gasteiger partial charge in [-0.3, -0.25) is 4.79 Å². The smallest absolute Gasteiger partial charge is 0.185 e. The van der Waals surface area contributed by atoms with Crippen LogP contribution in [0.1, 0.15) is 93.3 Å². The number of phenolic OH excluding ortho intramolecular Hbond substituents is 1. The third-order valence-corrected chi connectivity index (χ3v) is 6.52. The number of aromatic nitrogens is 1. The fourth-order valence-electron chi connectivity index (χ4n) is 4.27. The van der Waals surface area contributed by atoms with Crippen molar-refractivity contribution >= 4 is 21.9 Å². The Morgan fingerprint density at radius 2 is 1.60 bits per heavy atom. The minimum absolute atomic E-state index is 0.0217. The zero-order valence-corrected chi connectivity index (χ0v) is 23.5. The van der Waals surface area contributed by atoms with Gasteiger partial charge in [-0.1, -0.05) is 78.8 Å². The molecule has 1 N–H and O–H groups in total. The van der Waals surface area contributed by atoms with Crippen molar-refractivity contribution in [3.05, 3.63) is 81.5 Å². The lowest BCUT2D eigenvalue weighted by molar-refractivity contribution is 0.0923. The molecule has 2 aromatic carbocycles. The van der Waals surface area contributed by atoms with E-state index in [4.69, 9.17) is 4.52 Å². The molecule has 0 spiro atoms. The van der Waals surface area contributed by atoms with Gasteiger partial charge in [0.05, 0.1) is 16.1 Å². The Hall–Kier alpha value is -2.60. The van der Waals surface area contributed by atoms with Crippen molar-refractivity contribution in [2.24, 2.45) is 4.02 Å². The van der Waals surface area contributed by atoms with Crippen LogP contribution in [-0.4, -0.2) is 15.6 Å². The normalized spacial score (nSPS) is 12.9. The molecule has 0 aliphatic heterocycles. The number of halogens is 1. The number of carbonyl (C=O) groups is 1. The monoisotopic (exact) mass is 540 g/mol. The van der Waals surface area contributed by atoms with Crippen molar-refractivity contribution in [2.45, 2.75) is 85.1 Å². The summed E-state index contributed by atoms with van der Waals surface area (Å²) in [5.74, 6) is 1.02. The van der Waals surface area contributed by atoms with Crippen molar-refractivity contribution in [3.63, 3.8) is 0 Å². The quantitative estimate of drug-likeness (QED) is 0.327. The Kier molecular flexibility index (Phi) is 8.15. The number of Topliss-reactive ketones (excluding diaryl/α,β-unsaturated/α-hetero) is 1. The lowest BCUT2D eigenvalue weighted by atomic mass is 9.78. The van der Waals surface area contributed by atoms with Crippen LogP contribution < -0.4 is 5.49 Å². The summed E-state index contributed by atoms with van der Waals surface area (Å²) < 4.78 is 12.1. The molecule has 1 heterocycles. The van der Waals surface area contributed by atoms with Gasteiger partial charge in [0, 0.05) is 35.1 Å². The second kappa shape index (κ2) is 10.6. The van der Waals surface area contributed by atoms with Crippen molar-refractivity contribution in [2.75, 3.05) is 0 Å². The molecule has 3 aromatic rings. The number of hydrogen-bond acceptors (Lipinski definition) is 4. The van der Waals surface area contributed by atoms with E-state index in [1.54, 1.807) is 4.74 Å². The number of nitrogens with zero attached hydrogens (tertiary/aromatic N) is 2. The minimum atomic E-state index is -0.314. The molecule has 0 aliphatic carbocycles. The van der Waals surface area contributed by atoms with Gasteiger partial charge < -0.3 is 9.63 Å². The van der Waals surface area contributed by atoms with Crippen molar-refractivity contribution in [1.29, 1.82) is 0 Å². The van der Waals surface area contributed by atoms with E-state index < -0.39 is 0 Å². The molecule has 0 amide bonds. The summed E-state index contributed by atoms with van der Waals surface area (Å²) in [7, 11) is 0. The van der Waals surface area contributed by atoms with Crippen molar-refractivity contribution in [1.82, 2.24) is 4.74 Å². The SMILES string of the molecule is CCCc1on(CC(=O)c2cc(C(C)(C)C)c(O)c(C(C)(C)C)c2)/c(=N\Br)c1Cc1ccccc1. The average molecular weight is 542 g/mol. The number of phenols is 1. The number of aromatic hydroxyl groups is 1. The lowest BCUT2D eigenvalue weighted by Crippen LogP contribution is -2.24. The summed E-state index contributed by atoms with van der Waals surface area (Å²) in [4.78, 5) is 13.6. The van der Waals surface area contributed by atoms with Crippen LogP contribution in [0, 0.1) is 0 Å². The van der Waals surface area contributed by atoms with Gasteiger partial charge in [-0.15, -0.1) is 0 Å². The molecule has 1 aromatic heterocycles. The molecule has 0 aliphatic rings. The maximum atomic E-state index is 13.6. The van der Waals surface area contributed by atoms with Gasteiger partial charge in [-0.05, 0) is 34.9 Å². The molecule has 6 heteroatoms. The van der Waals surface area contributed by atoms with E-state index in [0.717, 1.165) is 40.9 Å². The van der Waals surface area contributed by atoms with E-state index in [1.165, 1.54) is 0 Å². The first-order valence-electron chi connectivity index (χ1n) is 12.2. The number of benzene rings is 2. The van der Waals surface area contributed by atoms with Gasteiger partial charge >= 0.3 is 0 Å². The molecule has 0 saturated heterocycles. The van der Waals surface area contributed by atoms with Gasteiger partial charge in [-0.2, -0.15) is 8.76 Å². The Bertz CT molecular complexity index is 1220. The first-order valence-corrected chi connectivity index (χ1v) is 12.9. The van der Waals surface area contributed by atoms with Crippen LogP contribution in [0.5, 0.6) is 5.75 Å². The van der Waals surface area contributed by atoms with E-state index in [-0.39, 0.29) is 28.9 Å². The molecule has 0 saturated carbocycles. The molecular weight excluding hydrogens is 504 g/mol. The number of aryl methyl sites for hydroxylation is 1. The summed E-state index contributed by atoms with van der Waals surface area (Å²) in [6, 6.07) is 13.8. The Balaban J connectivity index is 2.06. The molecule has 5 nitrogen and oxygen atoms in total. The van der Waals surface area contributed by atoms with Crippen molar-refractivity contribution < 1.29 is 14.4 Å². The highest BCUT2D eigenvalue weighted by atomic mass is 79.9. The van der Waals surface area contributed by atoms with Gasteiger partial charge in [-0.25, -0.2) is 0 Å². The van der Waals surface area contributed by atoms with Crippen LogP contribution >= 0.6 is 16.1 Å². The summed E-state index contributed by atoms with van der Waals surface area (Å²) in [6.45, 7) is 14.4. The molecule has 188 valence electrons. The first kappa shape index (κ1) is 27.0. The molecule has 0 unspecified atom stereocenters.